The molecule has 4 rings (SSSR count). The Morgan fingerprint density at radius 2 is 1.87 bits per heavy atom. The van der Waals surface area contributed by atoms with Crippen LogP contribution in [0, 0.1) is 18.6 Å². The van der Waals surface area contributed by atoms with E-state index in [-0.39, 0.29) is 0 Å². The Bertz CT molecular complexity index is 996. The lowest BCUT2D eigenvalue weighted by Crippen LogP contribution is -1.96. The van der Waals surface area contributed by atoms with E-state index in [2.05, 4.69) is 15.1 Å². The number of nitrogens with one attached hydrogen (secondary N) is 1. The quantitative estimate of drug-likeness (QED) is 0.608. The average molecular weight is 310 g/mol. The highest BCUT2D eigenvalue weighted by Gasteiger charge is 2.13. The van der Waals surface area contributed by atoms with E-state index >= 15 is 0 Å². The van der Waals surface area contributed by atoms with Crippen LogP contribution >= 0.6 is 0 Å². The molecule has 4 aromatic rings. The number of fused-ring (bicyclic) bond motifs is 1. The summed E-state index contributed by atoms with van der Waals surface area (Å²) in [5.41, 5.74) is 3.45. The molecule has 0 aliphatic rings. The number of H-pyrrole nitrogens is 1. The fraction of sp³-hybridized carbons (Fsp3) is 0.0588. The van der Waals surface area contributed by atoms with Crippen LogP contribution in [0.2, 0.25) is 0 Å². The minimum atomic E-state index is -0.607. The minimum absolute atomic E-state index is 0.464. The van der Waals surface area contributed by atoms with Gasteiger partial charge in [0.2, 0.25) is 0 Å². The van der Waals surface area contributed by atoms with Crippen LogP contribution in [0.3, 0.4) is 0 Å². The minimum Gasteiger partial charge on any atom is -0.346 e. The van der Waals surface area contributed by atoms with E-state index in [9.17, 15) is 8.78 Å². The van der Waals surface area contributed by atoms with Crippen molar-refractivity contribution in [3.8, 4) is 16.8 Å². The van der Waals surface area contributed by atoms with E-state index in [1.807, 2.05) is 19.1 Å². The van der Waals surface area contributed by atoms with E-state index in [0.29, 0.717) is 16.8 Å². The first kappa shape index (κ1) is 13.6. The zero-order valence-electron chi connectivity index (χ0n) is 12.2. The molecule has 3 heterocycles. The van der Waals surface area contributed by atoms with E-state index in [4.69, 9.17) is 0 Å². The lowest BCUT2D eigenvalue weighted by molar-refractivity contribution is 0.584. The molecule has 3 aromatic heterocycles. The molecule has 0 atom stereocenters. The first-order valence-corrected chi connectivity index (χ1v) is 7.07. The number of hydrogen-bond acceptors (Lipinski definition) is 2. The zero-order chi connectivity index (χ0) is 16.0. The molecular formula is C17H12F2N4. The van der Waals surface area contributed by atoms with Gasteiger partial charge in [0.1, 0.15) is 17.3 Å². The molecule has 0 saturated carbocycles. The maximum Gasteiger partial charge on any atom is 0.139 e. The highest BCUT2D eigenvalue weighted by molar-refractivity contribution is 5.84. The van der Waals surface area contributed by atoms with Crippen LogP contribution in [0.15, 0.2) is 48.9 Å². The number of nitrogens with zero attached hydrogens (tertiary/aromatic N) is 3. The van der Waals surface area contributed by atoms with Crippen LogP contribution < -0.4 is 0 Å². The number of aryl methyl sites for hydroxylation is 1. The van der Waals surface area contributed by atoms with Crippen LogP contribution in [0.4, 0.5) is 8.78 Å². The molecule has 0 bridgehead atoms. The van der Waals surface area contributed by atoms with Gasteiger partial charge in [0.15, 0.2) is 0 Å². The van der Waals surface area contributed by atoms with Crippen molar-refractivity contribution in [3.63, 3.8) is 0 Å². The Labute approximate surface area is 130 Å². The standard InChI is InChI=1S/C17H12F2N4/c1-10-15(11-6-12(18)8-13(19)7-11)9-23(22-10)16-3-5-21-17-14(16)2-4-20-17/h2-9H,1H3,(H,20,21). The maximum atomic E-state index is 13.5. The highest BCUT2D eigenvalue weighted by atomic mass is 19.1. The molecule has 1 N–H and O–H groups in total. The Morgan fingerprint density at radius 3 is 2.65 bits per heavy atom. The summed E-state index contributed by atoms with van der Waals surface area (Å²) < 4.78 is 28.6. The molecule has 0 radical (unpaired) electrons. The fourth-order valence-electron chi connectivity index (χ4n) is 2.72. The van der Waals surface area contributed by atoms with Gasteiger partial charge in [-0.3, -0.25) is 0 Å². The Kier molecular flexibility index (Phi) is 2.97. The first-order chi connectivity index (χ1) is 11.1. The number of benzene rings is 1. The second-order valence-electron chi connectivity index (χ2n) is 5.30. The summed E-state index contributed by atoms with van der Waals surface area (Å²) in [6.45, 7) is 1.81. The third-order valence-electron chi connectivity index (χ3n) is 3.76. The average Bonchev–Trinajstić information content (AvgIpc) is 3.12. The van der Waals surface area contributed by atoms with Gasteiger partial charge in [-0.1, -0.05) is 0 Å². The van der Waals surface area contributed by atoms with E-state index in [1.54, 1.807) is 23.3 Å². The number of aromatic amines is 1. The summed E-state index contributed by atoms with van der Waals surface area (Å²) in [6, 6.07) is 7.22. The van der Waals surface area contributed by atoms with E-state index in [0.717, 1.165) is 22.8 Å². The van der Waals surface area contributed by atoms with Crippen molar-refractivity contribution in [1.82, 2.24) is 19.7 Å². The molecule has 0 aliphatic carbocycles. The largest absolute Gasteiger partial charge is 0.346 e. The van der Waals surface area contributed by atoms with Crippen LogP contribution in [0.25, 0.3) is 27.8 Å². The van der Waals surface area contributed by atoms with Gasteiger partial charge in [0.25, 0.3) is 0 Å². The number of rotatable bonds is 2. The molecule has 1 aromatic carbocycles. The molecule has 0 aliphatic heterocycles. The van der Waals surface area contributed by atoms with Crippen molar-refractivity contribution in [1.29, 1.82) is 0 Å². The molecule has 0 spiro atoms. The molecular weight excluding hydrogens is 298 g/mol. The molecule has 6 heteroatoms. The van der Waals surface area contributed by atoms with Crippen molar-refractivity contribution in [2.45, 2.75) is 6.92 Å². The Balaban J connectivity index is 1.88. The molecule has 114 valence electrons. The summed E-state index contributed by atoms with van der Waals surface area (Å²) in [7, 11) is 0. The van der Waals surface area contributed by atoms with Crippen molar-refractivity contribution in [2.24, 2.45) is 0 Å². The lowest BCUT2D eigenvalue weighted by atomic mass is 10.1. The third kappa shape index (κ3) is 2.28. The monoisotopic (exact) mass is 310 g/mol. The summed E-state index contributed by atoms with van der Waals surface area (Å²) in [4.78, 5) is 7.29. The second-order valence-corrected chi connectivity index (χ2v) is 5.30. The van der Waals surface area contributed by atoms with E-state index < -0.39 is 11.6 Å². The van der Waals surface area contributed by atoms with Crippen molar-refractivity contribution in [2.75, 3.05) is 0 Å². The molecule has 0 amide bonds. The van der Waals surface area contributed by atoms with Gasteiger partial charge in [-0.2, -0.15) is 5.10 Å². The van der Waals surface area contributed by atoms with Gasteiger partial charge in [-0.15, -0.1) is 0 Å². The number of hydrogen-bond donors (Lipinski definition) is 1. The van der Waals surface area contributed by atoms with Crippen molar-refractivity contribution >= 4 is 11.0 Å². The maximum absolute atomic E-state index is 13.5. The molecule has 0 saturated heterocycles. The van der Waals surface area contributed by atoms with Crippen molar-refractivity contribution < 1.29 is 8.78 Å². The Hall–Kier alpha value is -3.02. The molecule has 0 unspecified atom stereocenters. The lowest BCUT2D eigenvalue weighted by Gasteiger charge is -2.02. The smallest absolute Gasteiger partial charge is 0.139 e. The normalized spacial score (nSPS) is 11.3. The zero-order valence-corrected chi connectivity index (χ0v) is 12.2. The van der Waals surface area contributed by atoms with Crippen molar-refractivity contribution in [3.05, 3.63) is 66.3 Å². The van der Waals surface area contributed by atoms with Crippen LogP contribution in [-0.2, 0) is 0 Å². The van der Waals surface area contributed by atoms with Gasteiger partial charge < -0.3 is 4.98 Å². The predicted octanol–water partition coefficient (Wildman–Crippen LogP) is 4.00. The van der Waals surface area contributed by atoms with Gasteiger partial charge >= 0.3 is 0 Å². The number of pyridine rings is 1. The van der Waals surface area contributed by atoms with Crippen LogP contribution in [0.5, 0.6) is 0 Å². The second kappa shape index (κ2) is 5.01. The fourth-order valence-corrected chi connectivity index (χ4v) is 2.72. The molecule has 4 nitrogen and oxygen atoms in total. The molecule has 23 heavy (non-hydrogen) atoms. The number of halogens is 2. The van der Waals surface area contributed by atoms with E-state index in [1.165, 1.54) is 12.1 Å². The van der Waals surface area contributed by atoms with Gasteiger partial charge in [0.05, 0.1) is 11.4 Å². The predicted molar refractivity (Wildman–Crippen MR) is 83.3 cm³/mol. The van der Waals surface area contributed by atoms with Gasteiger partial charge in [0, 0.05) is 35.6 Å². The first-order valence-electron chi connectivity index (χ1n) is 7.07. The van der Waals surface area contributed by atoms with Gasteiger partial charge in [-0.05, 0) is 36.8 Å². The molecule has 0 fully saturated rings. The number of aromatic nitrogens is 4. The van der Waals surface area contributed by atoms with Gasteiger partial charge in [-0.25, -0.2) is 18.4 Å². The summed E-state index contributed by atoms with van der Waals surface area (Å²) in [5, 5.41) is 5.40. The van der Waals surface area contributed by atoms with Crippen LogP contribution in [0.1, 0.15) is 5.69 Å². The van der Waals surface area contributed by atoms with Crippen LogP contribution in [-0.4, -0.2) is 19.7 Å². The topological polar surface area (TPSA) is 46.5 Å². The SMILES string of the molecule is Cc1nn(-c2ccnc3[nH]ccc23)cc1-c1cc(F)cc(F)c1. The summed E-state index contributed by atoms with van der Waals surface area (Å²) >= 11 is 0. The highest BCUT2D eigenvalue weighted by Crippen LogP contribution is 2.27. The summed E-state index contributed by atoms with van der Waals surface area (Å²) in [5.74, 6) is -1.21. The summed E-state index contributed by atoms with van der Waals surface area (Å²) in [6.07, 6.45) is 5.26. The third-order valence-corrected chi connectivity index (χ3v) is 3.76. The Morgan fingerprint density at radius 1 is 1.09 bits per heavy atom.